The first-order chi connectivity index (χ1) is 7.81. The third-order valence-electron chi connectivity index (χ3n) is 2.09. The van der Waals surface area contributed by atoms with Crippen LogP contribution in [0.1, 0.15) is 5.56 Å². The average molecular weight is 276 g/mol. The summed E-state index contributed by atoms with van der Waals surface area (Å²) in [6.45, 7) is 0.0860. The van der Waals surface area contributed by atoms with E-state index in [2.05, 4.69) is 12.2 Å². The summed E-state index contributed by atoms with van der Waals surface area (Å²) in [5.74, 6) is -0.781. The van der Waals surface area contributed by atoms with Gasteiger partial charge in [-0.3, -0.25) is 0 Å². The van der Waals surface area contributed by atoms with Crippen LogP contribution in [0.25, 0.3) is 0 Å². The molecule has 0 amide bonds. The van der Waals surface area contributed by atoms with Gasteiger partial charge >= 0.3 is 0 Å². The maximum atomic E-state index is 12.9. The van der Waals surface area contributed by atoms with E-state index in [1.807, 2.05) is 0 Å². The molecule has 1 rings (SSSR count). The molecule has 0 fully saturated rings. The third kappa shape index (κ3) is 4.37. The van der Waals surface area contributed by atoms with Gasteiger partial charge in [0.15, 0.2) is 0 Å². The van der Waals surface area contributed by atoms with Crippen molar-refractivity contribution in [2.75, 3.05) is 12.8 Å². The maximum absolute atomic E-state index is 12.9. The molecule has 0 bridgehead atoms. The van der Waals surface area contributed by atoms with Crippen molar-refractivity contribution >= 4 is 27.2 Å². The largest absolute Gasteiger partial charge is 0.392 e. The zero-order valence-corrected chi connectivity index (χ0v) is 10.9. The van der Waals surface area contributed by atoms with Crippen LogP contribution in [0.2, 0.25) is 0 Å². The number of benzene rings is 1. The monoisotopic (exact) mass is 276 g/mol. The second-order valence-corrected chi connectivity index (χ2v) is 6.21. The van der Waals surface area contributed by atoms with Crippen molar-refractivity contribution in [2.24, 2.45) is 5.73 Å². The Morgan fingerprint density at radius 2 is 2.18 bits per heavy atom. The molecule has 7 heteroatoms. The Bertz CT molecular complexity index is 517. The van der Waals surface area contributed by atoms with E-state index >= 15 is 0 Å². The molecule has 0 aromatic heterocycles. The van der Waals surface area contributed by atoms with Crippen LogP contribution in [0.5, 0.6) is 0 Å². The fourth-order valence-electron chi connectivity index (χ4n) is 1.28. The van der Waals surface area contributed by atoms with Crippen molar-refractivity contribution in [2.45, 2.75) is 6.54 Å². The minimum absolute atomic E-state index is 0.0860. The first-order valence-electron chi connectivity index (χ1n) is 4.78. The minimum atomic E-state index is -3.53. The molecule has 0 radical (unpaired) electrons. The molecule has 0 saturated carbocycles. The van der Waals surface area contributed by atoms with Crippen LogP contribution in [-0.2, 0) is 16.6 Å². The lowest BCUT2D eigenvalue weighted by atomic mass is 10.2. The summed E-state index contributed by atoms with van der Waals surface area (Å²) in [5, 5.41) is 0. The molecule has 4 nitrogen and oxygen atoms in total. The lowest BCUT2D eigenvalue weighted by Gasteiger charge is -2.16. The molecular formula is C10H13FN2O2S2. The van der Waals surface area contributed by atoms with Crippen LogP contribution in [0.15, 0.2) is 24.3 Å². The predicted octanol–water partition coefficient (Wildman–Crippen LogP) is 0.873. The molecule has 0 saturated heterocycles. The molecule has 94 valence electrons. The molecule has 0 aliphatic heterocycles. The normalized spacial score (nSPS) is 11.7. The summed E-state index contributed by atoms with van der Waals surface area (Å²) < 4.78 is 37.4. The molecule has 2 N–H and O–H groups in total. The van der Waals surface area contributed by atoms with E-state index in [1.54, 1.807) is 6.07 Å². The van der Waals surface area contributed by atoms with Gasteiger partial charge < -0.3 is 5.73 Å². The summed E-state index contributed by atoms with van der Waals surface area (Å²) in [5.41, 5.74) is 5.77. The lowest BCUT2D eigenvalue weighted by molar-refractivity contribution is 0.469. The molecule has 0 spiro atoms. The highest BCUT2D eigenvalue weighted by Gasteiger charge is 2.19. The second kappa shape index (κ2) is 5.52. The Morgan fingerprint density at radius 3 is 2.71 bits per heavy atom. The Kier molecular flexibility index (Phi) is 4.55. The highest BCUT2D eigenvalue weighted by atomic mass is 32.2. The molecule has 0 heterocycles. The number of nitrogens with two attached hydrogens (primary N) is 1. The first kappa shape index (κ1) is 14.0. The van der Waals surface area contributed by atoms with E-state index in [0.29, 0.717) is 5.56 Å². The van der Waals surface area contributed by atoms with Gasteiger partial charge in [-0.1, -0.05) is 24.4 Å². The molecular weight excluding hydrogens is 263 g/mol. The third-order valence-corrected chi connectivity index (χ3v) is 4.18. The molecule has 0 aliphatic carbocycles. The van der Waals surface area contributed by atoms with E-state index in [1.165, 1.54) is 25.2 Å². The van der Waals surface area contributed by atoms with E-state index in [-0.39, 0.29) is 17.3 Å². The van der Waals surface area contributed by atoms with Crippen molar-refractivity contribution in [3.05, 3.63) is 35.6 Å². The van der Waals surface area contributed by atoms with Gasteiger partial charge in [0, 0.05) is 13.6 Å². The van der Waals surface area contributed by atoms with Crippen molar-refractivity contribution in [1.29, 1.82) is 0 Å². The van der Waals surface area contributed by atoms with Crippen LogP contribution in [0.3, 0.4) is 0 Å². The van der Waals surface area contributed by atoms with Crippen LogP contribution < -0.4 is 5.73 Å². The number of sulfonamides is 1. The Morgan fingerprint density at radius 1 is 1.53 bits per heavy atom. The van der Waals surface area contributed by atoms with Crippen molar-refractivity contribution in [3.63, 3.8) is 0 Å². The van der Waals surface area contributed by atoms with E-state index in [0.717, 1.165) is 4.31 Å². The van der Waals surface area contributed by atoms with Gasteiger partial charge in [-0.25, -0.2) is 17.1 Å². The number of nitrogens with zero attached hydrogens (tertiary/aromatic N) is 1. The maximum Gasteiger partial charge on any atom is 0.220 e. The SMILES string of the molecule is CN(Cc1cccc(F)c1)S(=O)(=O)CC(N)=S. The quantitative estimate of drug-likeness (QED) is 0.811. The second-order valence-electron chi connectivity index (χ2n) is 3.61. The van der Waals surface area contributed by atoms with Crippen molar-refractivity contribution in [1.82, 2.24) is 4.31 Å². The van der Waals surface area contributed by atoms with Gasteiger partial charge in [0.1, 0.15) is 11.6 Å². The van der Waals surface area contributed by atoms with E-state index < -0.39 is 15.8 Å². The number of rotatable bonds is 5. The van der Waals surface area contributed by atoms with Crippen LogP contribution in [0.4, 0.5) is 4.39 Å². The number of thiocarbonyl (C=S) groups is 1. The van der Waals surface area contributed by atoms with Crippen LogP contribution >= 0.6 is 12.2 Å². The zero-order valence-electron chi connectivity index (χ0n) is 9.26. The Balaban J connectivity index is 2.79. The minimum Gasteiger partial charge on any atom is -0.392 e. The Hall–Kier alpha value is -1.05. The topological polar surface area (TPSA) is 63.4 Å². The van der Waals surface area contributed by atoms with Gasteiger partial charge in [-0.2, -0.15) is 0 Å². The van der Waals surface area contributed by atoms with Crippen molar-refractivity contribution in [3.8, 4) is 0 Å². The average Bonchev–Trinajstić information content (AvgIpc) is 2.15. The predicted molar refractivity (Wildman–Crippen MR) is 68.4 cm³/mol. The summed E-state index contributed by atoms with van der Waals surface area (Å²) in [7, 11) is -2.12. The van der Waals surface area contributed by atoms with Crippen molar-refractivity contribution < 1.29 is 12.8 Å². The molecule has 0 atom stereocenters. The smallest absolute Gasteiger partial charge is 0.220 e. The summed E-state index contributed by atoms with van der Waals surface area (Å²) in [4.78, 5) is -0.0870. The highest BCUT2D eigenvalue weighted by molar-refractivity contribution is 7.92. The molecule has 1 aromatic carbocycles. The van der Waals surface area contributed by atoms with Gasteiger partial charge in [-0.05, 0) is 17.7 Å². The molecule has 0 unspecified atom stereocenters. The van der Waals surface area contributed by atoms with Gasteiger partial charge in [0.2, 0.25) is 10.0 Å². The summed E-state index contributed by atoms with van der Waals surface area (Å²) >= 11 is 4.56. The fraction of sp³-hybridized carbons (Fsp3) is 0.300. The number of hydrogen-bond acceptors (Lipinski definition) is 3. The lowest BCUT2D eigenvalue weighted by Crippen LogP contribution is -2.33. The molecule has 1 aromatic rings. The first-order valence-corrected chi connectivity index (χ1v) is 6.80. The van der Waals surface area contributed by atoms with Gasteiger partial charge in [0.25, 0.3) is 0 Å². The fourth-order valence-corrected chi connectivity index (χ4v) is 2.65. The highest BCUT2D eigenvalue weighted by Crippen LogP contribution is 2.09. The standard InChI is InChI=1S/C10H13FN2O2S2/c1-13(17(14,15)7-10(12)16)6-8-3-2-4-9(11)5-8/h2-5H,6-7H2,1H3,(H2,12,16). The summed E-state index contributed by atoms with van der Waals surface area (Å²) in [6, 6.07) is 5.76. The zero-order chi connectivity index (χ0) is 13.1. The molecule has 17 heavy (non-hydrogen) atoms. The van der Waals surface area contributed by atoms with E-state index in [4.69, 9.17) is 5.73 Å². The number of hydrogen-bond donors (Lipinski definition) is 1. The van der Waals surface area contributed by atoms with Gasteiger partial charge in [0.05, 0.1) is 4.99 Å². The van der Waals surface area contributed by atoms with Crippen LogP contribution in [-0.4, -0.2) is 30.5 Å². The Labute approximate surface area is 105 Å². The molecule has 0 aliphatic rings. The van der Waals surface area contributed by atoms with E-state index in [9.17, 15) is 12.8 Å². The van der Waals surface area contributed by atoms with Gasteiger partial charge in [-0.15, -0.1) is 0 Å². The summed E-state index contributed by atoms with van der Waals surface area (Å²) in [6.07, 6.45) is 0. The van der Waals surface area contributed by atoms with Crippen LogP contribution in [0, 0.1) is 5.82 Å². The number of halogens is 1.